The molecule has 0 aliphatic rings. The Bertz CT molecular complexity index is 1010. The molecule has 2 aromatic rings. The highest BCUT2D eigenvalue weighted by atomic mass is 35.5. The van der Waals surface area contributed by atoms with E-state index in [4.69, 9.17) is 11.6 Å². The van der Waals surface area contributed by atoms with E-state index in [9.17, 15) is 18.0 Å². The first-order valence-electron chi connectivity index (χ1n) is 10.5. The third-order valence-electron chi connectivity index (χ3n) is 4.93. The van der Waals surface area contributed by atoms with Gasteiger partial charge >= 0.3 is 0 Å². The third-order valence-corrected chi connectivity index (χ3v) is 6.38. The zero-order valence-corrected chi connectivity index (χ0v) is 20.2. The summed E-state index contributed by atoms with van der Waals surface area (Å²) in [6.45, 7) is 3.98. The summed E-state index contributed by atoms with van der Waals surface area (Å²) >= 11 is 6.22. The number of para-hydroxylation sites is 1. The van der Waals surface area contributed by atoms with E-state index in [0.717, 1.165) is 22.5 Å². The monoisotopic (exact) mass is 479 g/mol. The van der Waals surface area contributed by atoms with Crippen molar-refractivity contribution >= 4 is 39.1 Å². The Morgan fingerprint density at radius 2 is 1.66 bits per heavy atom. The third kappa shape index (κ3) is 6.97. The first-order chi connectivity index (χ1) is 15.2. The second-order valence-electron chi connectivity index (χ2n) is 7.44. The summed E-state index contributed by atoms with van der Waals surface area (Å²) in [4.78, 5) is 27.7. The number of hydrogen-bond donors (Lipinski definition) is 1. The number of amides is 2. The Labute approximate surface area is 195 Å². The van der Waals surface area contributed by atoms with Gasteiger partial charge in [-0.3, -0.25) is 13.9 Å². The van der Waals surface area contributed by atoms with E-state index in [1.807, 2.05) is 44.2 Å². The minimum Gasteiger partial charge on any atom is -0.354 e. The van der Waals surface area contributed by atoms with Gasteiger partial charge in [-0.25, -0.2) is 8.42 Å². The molecule has 174 valence electrons. The average molecular weight is 480 g/mol. The van der Waals surface area contributed by atoms with E-state index in [0.29, 0.717) is 13.0 Å². The molecule has 0 fully saturated rings. The highest BCUT2D eigenvalue weighted by Crippen LogP contribution is 2.27. The van der Waals surface area contributed by atoms with Gasteiger partial charge in [-0.05, 0) is 30.5 Å². The van der Waals surface area contributed by atoms with E-state index < -0.39 is 28.5 Å². The fourth-order valence-electron chi connectivity index (χ4n) is 3.31. The molecule has 1 atom stereocenters. The van der Waals surface area contributed by atoms with Gasteiger partial charge in [-0.1, -0.05) is 67.9 Å². The summed E-state index contributed by atoms with van der Waals surface area (Å²) in [6, 6.07) is 15.0. The van der Waals surface area contributed by atoms with Crippen LogP contribution in [0.3, 0.4) is 0 Å². The zero-order chi connectivity index (χ0) is 23.7. The topological polar surface area (TPSA) is 86.8 Å². The summed E-state index contributed by atoms with van der Waals surface area (Å²) in [6.07, 6.45) is 2.18. The quantitative estimate of drug-likeness (QED) is 0.534. The van der Waals surface area contributed by atoms with Crippen LogP contribution in [0.4, 0.5) is 5.69 Å². The minimum absolute atomic E-state index is 0.178. The van der Waals surface area contributed by atoms with Crippen LogP contribution in [0.5, 0.6) is 0 Å². The number of sulfonamides is 1. The van der Waals surface area contributed by atoms with Gasteiger partial charge in [0.1, 0.15) is 12.6 Å². The van der Waals surface area contributed by atoms with Gasteiger partial charge in [-0.2, -0.15) is 0 Å². The Kier molecular flexibility index (Phi) is 9.53. The van der Waals surface area contributed by atoms with Crippen LogP contribution in [0.1, 0.15) is 32.3 Å². The highest BCUT2D eigenvalue weighted by Gasteiger charge is 2.32. The molecule has 2 rings (SSSR count). The van der Waals surface area contributed by atoms with Gasteiger partial charge in [0.25, 0.3) is 0 Å². The molecule has 0 aromatic heterocycles. The standard InChI is InChI=1S/C23H30ClN3O4S/c1-4-15-25-23(29)20(5-2)26(16-18-11-7-6-8-12-18)22(28)17-27(32(3,30)31)21-14-10-9-13-19(21)24/h6-14,20H,4-5,15-17H2,1-3H3,(H,25,29). The minimum atomic E-state index is -3.81. The van der Waals surface area contributed by atoms with E-state index >= 15 is 0 Å². The Balaban J connectivity index is 2.41. The maximum Gasteiger partial charge on any atom is 0.244 e. The molecular formula is C23H30ClN3O4S. The van der Waals surface area contributed by atoms with Crippen molar-refractivity contribution in [3.8, 4) is 0 Å². The van der Waals surface area contributed by atoms with E-state index in [1.54, 1.807) is 24.3 Å². The summed E-state index contributed by atoms with van der Waals surface area (Å²) in [5.41, 5.74) is 1.06. The lowest BCUT2D eigenvalue weighted by atomic mass is 10.1. The molecule has 0 aliphatic heterocycles. The van der Waals surface area contributed by atoms with Crippen LogP contribution in [-0.4, -0.2) is 50.5 Å². The lowest BCUT2D eigenvalue weighted by molar-refractivity contribution is -0.140. The molecule has 32 heavy (non-hydrogen) atoms. The lowest BCUT2D eigenvalue weighted by Gasteiger charge is -2.33. The van der Waals surface area contributed by atoms with Crippen molar-refractivity contribution in [1.82, 2.24) is 10.2 Å². The number of benzene rings is 2. The number of carbonyl (C=O) groups excluding carboxylic acids is 2. The zero-order valence-electron chi connectivity index (χ0n) is 18.6. The molecule has 1 unspecified atom stereocenters. The number of anilines is 1. The molecule has 7 nitrogen and oxygen atoms in total. The van der Waals surface area contributed by atoms with Crippen molar-refractivity contribution in [3.63, 3.8) is 0 Å². The van der Waals surface area contributed by atoms with Crippen LogP contribution < -0.4 is 9.62 Å². The van der Waals surface area contributed by atoms with Crippen molar-refractivity contribution in [2.24, 2.45) is 0 Å². The average Bonchev–Trinajstić information content (AvgIpc) is 2.76. The second kappa shape index (κ2) is 11.9. The molecule has 2 aromatic carbocycles. The van der Waals surface area contributed by atoms with Gasteiger partial charge in [0.15, 0.2) is 0 Å². The summed E-state index contributed by atoms with van der Waals surface area (Å²) in [5.74, 6) is -0.750. The molecule has 9 heteroatoms. The Morgan fingerprint density at radius 1 is 1.03 bits per heavy atom. The summed E-state index contributed by atoms with van der Waals surface area (Å²) in [7, 11) is -3.81. The predicted molar refractivity (Wildman–Crippen MR) is 128 cm³/mol. The molecule has 0 aliphatic carbocycles. The number of nitrogens with zero attached hydrogens (tertiary/aromatic N) is 2. The first kappa shape index (κ1) is 25.7. The largest absolute Gasteiger partial charge is 0.354 e. The van der Waals surface area contributed by atoms with Crippen molar-refractivity contribution in [1.29, 1.82) is 0 Å². The first-order valence-corrected chi connectivity index (χ1v) is 12.7. The van der Waals surface area contributed by atoms with Gasteiger partial charge in [-0.15, -0.1) is 0 Å². The highest BCUT2D eigenvalue weighted by molar-refractivity contribution is 7.92. The molecule has 0 saturated carbocycles. The number of nitrogens with one attached hydrogen (secondary N) is 1. The van der Waals surface area contributed by atoms with E-state index in [2.05, 4.69) is 5.32 Å². The smallest absolute Gasteiger partial charge is 0.244 e. The molecule has 0 radical (unpaired) electrons. The maximum absolute atomic E-state index is 13.5. The number of halogens is 1. The van der Waals surface area contributed by atoms with E-state index in [1.165, 1.54) is 4.90 Å². The maximum atomic E-state index is 13.5. The van der Waals surface area contributed by atoms with Crippen molar-refractivity contribution in [3.05, 3.63) is 65.2 Å². The van der Waals surface area contributed by atoms with Gasteiger partial charge in [0.2, 0.25) is 21.8 Å². The fraction of sp³-hybridized carbons (Fsp3) is 0.391. The Morgan fingerprint density at radius 3 is 2.22 bits per heavy atom. The molecule has 0 saturated heterocycles. The SMILES string of the molecule is CCCNC(=O)C(CC)N(Cc1ccccc1)C(=O)CN(c1ccccc1Cl)S(C)(=O)=O. The second-order valence-corrected chi connectivity index (χ2v) is 9.76. The lowest BCUT2D eigenvalue weighted by Crippen LogP contribution is -2.52. The Hall–Kier alpha value is -2.58. The number of rotatable bonds is 11. The predicted octanol–water partition coefficient (Wildman–Crippen LogP) is 3.44. The van der Waals surface area contributed by atoms with Crippen LogP contribution in [0.25, 0.3) is 0 Å². The molecular weight excluding hydrogens is 450 g/mol. The molecule has 0 heterocycles. The van der Waals surface area contributed by atoms with E-state index in [-0.39, 0.29) is 23.2 Å². The van der Waals surface area contributed by atoms with Crippen LogP contribution >= 0.6 is 11.6 Å². The van der Waals surface area contributed by atoms with Gasteiger partial charge in [0.05, 0.1) is 17.0 Å². The van der Waals surface area contributed by atoms with Crippen molar-refractivity contribution in [2.45, 2.75) is 39.3 Å². The molecule has 1 N–H and O–H groups in total. The van der Waals surface area contributed by atoms with Crippen LogP contribution in [-0.2, 0) is 26.2 Å². The summed E-state index contributed by atoms with van der Waals surface area (Å²) < 4.78 is 26.0. The van der Waals surface area contributed by atoms with Crippen LogP contribution in [0.2, 0.25) is 5.02 Å². The number of hydrogen-bond acceptors (Lipinski definition) is 4. The van der Waals surface area contributed by atoms with Crippen LogP contribution in [0, 0.1) is 0 Å². The fourth-order valence-corrected chi connectivity index (χ4v) is 4.46. The molecule has 0 bridgehead atoms. The van der Waals surface area contributed by atoms with Crippen molar-refractivity contribution in [2.75, 3.05) is 23.7 Å². The normalized spacial score (nSPS) is 12.1. The number of carbonyl (C=O) groups is 2. The molecule has 0 spiro atoms. The summed E-state index contributed by atoms with van der Waals surface area (Å²) in [5, 5.41) is 3.06. The van der Waals surface area contributed by atoms with Crippen molar-refractivity contribution < 1.29 is 18.0 Å². The van der Waals surface area contributed by atoms with Gasteiger partial charge < -0.3 is 10.2 Å². The van der Waals surface area contributed by atoms with Gasteiger partial charge in [0, 0.05) is 13.1 Å². The molecule has 2 amide bonds. The van der Waals surface area contributed by atoms with Crippen LogP contribution in [0.15, 0.2) is 54.6 Å².